The summed E-state index contributed by atoms with van der Waals surface area (Å²) in [6, 6.07) is 2.37. The fourth-order valence-corrected chi connectivity index (χ4v) is 7.50. The molecule has 0 spiro atoms. The summed E-state index contributed by atoms with van der Waals surface area (Å²) < 4.78 is 51.7. The molecule has 0 radical (unpaired) electrons. The standard InChI is InChI=1S/C15H21N3O4S2/c19-23(20)10-14-15(11-23)18(7-6-17(14)9-12-3-4-12)24(21,22)13-2-1-5-16-8-13/h1-2,5,8,12,14-15H,3-4,6-7,9-11H2/t14-,15+/m1/s1. The third kappa shape index (κ3) is 2.98. The molecule has 2 atom stereocenters. The quantitative estimate of drug-likeness (QED) is 0.738. The first kappa shape index (κ1) is 16.4. The van der Waals surface area contributed by atoms with E-state index in [2.05, 4.69) is 9.88 Å². The minimum Gasteiger partial charge on any atom is -0.296 e. The highest BCUT2D eigenvalue weighted by Gasteiger charge is 2.50. The summed E-state index contributed by atoms with van der Waals surface area (Å²) in [6.45, 7) is 1.81. The molecule has 0 amide bonds. The van der Waals surface area contributed by atoms with Gasteiger partial charge < -0.3 is 0 Å². The normalized spacial score (nSPS) is 31.0. The smallest absolute Gasteiger partial charge is 0.244 e. The lowest BCUT2D eigenvalue weighted by Crippen LogP contribution is -2.60. The van der Waals surface area contributed by atoms with Crippen LogP contribution in [0.4, 0.5) is 0 Å². The average Bonchev–Trinajstić information content (AvgIpc) is 3.28. The zero-order valence-corrected chi connectivity index (χ0v) is 14.9. The largest absolute Gasteiger partial charge is 0.296 e. The Labute approximate surface area is 142 Å². The maximum absolute atomic E-state index is 13.0. The van der Waals surface area contributed by atoms with Gasteiger partial charge in [-0.05, 0) is 30.9 Å². The van der Waals surface area contributed by atoms with E-state index < -0.39 is 25.9 Å². The minimum atomic E-state index is -3.72. The molecule has 3 aliphatic rings. The minimum absolute atomic E-state index is 0.0590. The van der Waals surface area contributed by atoms with Crippen LogP contribution in [0, 0.1) is 5.92 Å². The van der Waals surface area contributed by atoms with Gasteiger partial charge in [-0.15, -0.1) is 0 Å². The zero-order chi connectivity index (χ0) is 16.9. The van der Waals surface area contributed by atoms with Crippen LogP contribution < -0.4 is 0 Å². The van der Waals surface area contributed by atoms with Crippen molar-refractivity contribution in [2.45, 2.75) is 29.8 Å². The fraction of sp³-hybridized carbons (Fsp3) is 0.667. The highest BCUT2D eigenvalue weighted by molar-refractivity contribution is 7.92. The summed E-state index contributed by atoms with van der Waals surface area (Å²) in [5.41, 5.74) is 0. The topological polar surface area (TPSA) is 87.7 Å². The second-order valence-electron chi connectivity index (χ2n) is 6.95. The van der Waals surface area contributed by atoms with E-state index in [0.717, 1.165) is 6.54 Å². The van der Waals surface area contributed by atoms with E-state index >= 15 is 0 Å². The van der Waals surface area contributed by atoms with Crippen molar-refractivity contribution in [3.8, 4) is 0 Å². The lowest BCUT2D eigenvalue weighted by atomic mass is 10.1. The van der Waals surface area contributed by atoms with Gasteiger partial charge in [-0.2, -0.15) is 4.31 Å². The van der Waals surface area contributed by atoms with E-state index in [0.29, 0.717) is 19.0 Å². The van der Waals surface area contributed by atoms with Crippen LogP contribution in [0.3, 0.4) is 0 Å². The van der Waals surface area contributed by atoms with Crippen LogP contribution in [0.25, 0.3) is 0 Å². The van der Waals surface area contributed by atoms with Gasteiger partial charge in [-0.3, -0.25) is 9.88 Å². The van der Waals surface area contributed by atoms with E-state index in [4.69, 9.17) is 0 Å². The van der Waals surface area contributed by atoms with E-state index in [1.807, 2.05) is 0 Å². The van der Waals surface area contributed by atoms with Crippen molar-refractivity contribution in [3.05, 3.63) is 24.5 Å². The van der Waals surface area contributed by atoms with Crippen molar-refractivity contribution in [2.24, 2.45) is 5.92 Å². The van der Waals surface area contributed by atoms with Crippen molar-refractivity contribution in [1.29, 1.82) is 0 Å². The molecule has 7 nitrogen and oxygen atoms in total. The molecule has 132 valence electrons. The summed E-state index contributed by atoms with van der Waals surface area (Å²) in [6.07, 6.45) is 5.23. The van der Waals surface area contributed by atoms with Crippen molar-refractivity contribution in [2.75, 3.05) is 31.1 Å². The number of pyridine rings is 1. The number of piperazine rings is 1. The molecule has 2 saturated heterocycles. The predicted octanol–water partition coefficient (Wildman–Crippen LogP) is -0.0365. The average molecular weight is 371 g/mol. The highest BCUT2D eigenvalue weighted by atomic mass is 32.2. The van der Waals surface area contributed by atoms with Crippen molar-refractivity contribution in [1.82, 2.24) is 14.2 Å². The first-order valence-electron chi connectivity index (χ1n) is 8.23. The Balaban J connectivity index is 1.65. The number of sulfone groups is 1. The van der Waals surface area contributed by atoms with E-state index in [1.54, 1.807) is 6.07 Å². The SMILES string of the molecule is O=S1(=O)C[C@@H]2[C@H](C1)N(S(=O)(=O)c1cccnc1)CCN2CC1CC1. The molecule has 0 N–H and O–H groups in total. The molecule has 0 bridgehead atoms. The molecule has 1 aromatic heterocycles. The van der Waals surface area contributed by atoms with Gasteiger partial charge in [-0.25, -0.2) is 16.8 Å². The van der Waals surface area contributed by atoms with Gasteiger partial charge in [0.25, 0.3) is 0 Å². The van der Waals surface area contributed by atoms with E-state index in [9.17, 15) is 16.8 Å². The fourth-order valence-electron chi connectivity index (χ4n) is 3.79. The molecule has 24 heavy (non-hydrogen) atoms. The zero-order valence-electron chi connectivity index (χ0n) is 13.3. The number of rotatable bonds is 4. The van der Waals surface area contributed by atoms with Crippen LogP contribution in [0.1, 0.15) is 12.8 Å². The molecule has 1 aromatic rings. The molecule has 9 heteroatoms. The number of hydrogen-bond acceptors (Lipinski definition) is 6. The first-order chi connectivity index (χ1) is 11.4. The Kier molecular flexibility index (Phi) is 3.94. The van der Waals surface area contributed by atoms with Gasteiger partial charge in [0.2, 0.25) is 10.0 Å². The van der Waals surface area contributed by atoms with Gasteiger partial charge >= 0.3 is 0 Å². The Morgan fingerprint density at radius 1 is 1.17 bits per heavy atom. The monoisotopic (exact) mass is 371 g/mol. The van der Waals surface area contributed by atoms with Crippen LogP contribution in [0.2, 0.25) is 0 Å². The number of nitrogens with zero attached hydrogens (tertiary/aromatic N) is 3. The third-order valence-corrected chi connectivity index (χ3v) is 8.78. The molecule has 2 aliphatic heterocycles. The highest BCUT2D eigenvalue weighted by Crippen LogP contribution is 2.35. The number of aromatic nitrogens is 1. The Hall–Kier alpha value is -1.03. The summed E-state index contributed by atoms with van der Waals surface area (Å²) >= 11 is 0. The maximum atomic E-state index is 13.0. The lowest BCUT2D eigenvalue weighted by molar-refractivity contribution is 0.0912. The molecule has 4 rings (SSSR count). The second-order valence-corrected chi connectivity index (χ2v) is 11.0. The van der Waals surface area contributed by atoms with Crippen molar-refractivity contribution < 1.29 is 16.8 Å². The molecule has 0 aromatic carbocycles. The lowest BCUT2D eigenvalue weighted by Gasteiger charge is -2.43. The Morgan fingerprint density at radius 2 is 1.92 bits per heavy atom. The molecule has 3 fully saturated rings. The maximum Gasteiger partial charge on any atom is 0.244 e. The van der Waals surface area contributed by atoms with Crippen LogP contribution in [-0.2, 0) is 19.9 Å². The van der Waals surface area contributed by atoms with Crippen LogP contribution in [0.5, 0.6) is 0 Å². The second kappa shape index (κ2) is 5.76. The summed E-state index contributed by atoms with van der Waals surface area (Å²) in [5.74, 6) is 0.623. The van der Waals surface area contributed by atoms with Crippen molar-refractivity contribution >= 4 is 19.9 Å². The van der Waals surface area contributed by atoms with E-state index in [-0.39, 0.29) is 22.4 Å². The number of fused-ring (bicyclic) bond motifs is 1. The predicted molar refractivity (Wildman–Crippen MR) is 88.7 cm³/mol. The van der Waals surface area contributed by atoms with Crippen LogP contribution >= 0.6 is 0 Å². The first-order valence-corrected chi connectivity index (χ1v) is 11.5. The molecule has 1 aliphatic carbocycles. The van der Waals surface area contributed by atoms with Crippen molar-refractivity contribution in [3.63, 3.8) is 0 Å². The Bertz CT molecular complexity index is 822. The number of sulfonamides is 1. The molecule has 1 saturated carbocycles. The van der Waals surface area contributed by atoms with Gasteiger partial charge in [0.1, 0.15) is 4.90 Å². The van der Waals surface area contributed by atoms with Gasteiger partial charge in [0.15, 0.2) is 9.84 Å². The third-order valence-electron chi connectivity index (χ3n) is 5.17. The summed E-state index contributed by atoms with van der Waals surface area (Å²) in [7, 11) is -6.94. The van der Waals surface area contributed by atoms with Crippen LogP contribution in [-0.4, -0.2) is 74.2 Å². The van der Waals surface area contributed by atoms with Gasteiger partial charge in [0, 0.05) is 38.1 Å². The van der Waals surface area contributed by atoms with Gasteiger partial charge in [-0.1, -0.05) is 0 Å². The van der Waals surface area contributed by atoms with E-state index in [1.165, 1.54) is 35.6 Å². The van der Waals surface area contributed by atoms with Crippen LogP contribution in [0.15, 0.2) is 29.4 Å². The molecular formula is C15H21N3O4S2. The molecular weight excluding hydrogens is 350 g/mol. The van der Waals surface area contributed by atoms with Gasteiger partial charge in [0.05, 0.1) is 17.5 Å². The molecule has 0 unspecified atom stereocenters. The molecule has 3 heterocycles. The summed E-state index contributed by atoms with van der Waals surface area (Å²) in [5, 5.41) is 0. The number of hydrogen-bond donors (Lipinski definition) is 0. The summed E-state index contributed by atoms with van der Waals surface area (Å²) in [4.78, 5) is 6.21. The Morgan fingerprint density at radius 3 is 2.58 bits per heavy atom.